The van der Waals surface area contributed by atoms with Crippen LogP contribution < -0.4 is 0 Å². The van der Waals surface area contributed by atoms with E-state index in [2.05, 4.69) is 4.98 Å². The second-order valence-corrected chi connectivity index (χ2v) is 8.22. The van der Waals surface area contributed by atoms with Crippen molar-refractivity contribution >= 4 is 12.1 Å². The maximum absolute atomic E-state index is 13.0. The average molecular weight is 410 g/mol. The molecule has 158 valence electrons. The van der Waals surface area contributed by atoms with Crippen molar-refractivity contribution in [2.75, 3.05) is 13.2 Å². The second-order valence-electron chi connectivity index (χ2n) is 8.22. The van der Waals surface area contributed by atoms with Gasteiger partial charge in [0.25, 0.3) is 0 Å². The van der Waals surface area contributed by atoms with E-state index < -0.39 is 12.1 Å². The first kappa shape index (κ1) is 20.1. The topological polar surface area (TPSA) is 59.7 Å². The van der Waals surface area contributed by atoms with Crippen LogP contribution in [0.5, 0.6) is 0 Å². The summed E-state index contributed by atoms with van der Waals surface area (Å²) in [7, 11) is 0. The van der Waals surface area contributed by atoms with E-state index in [0.29, 0.717) is 31.6 Å². The highest BCUT2D eigenvalue weighted by Crippen LogP contribution is 2.42. The first-order valence-electron chi connectivity index (χ1n) is 10.0. The summed E-state index contributed by atoms with van der Waals surface area (Å²) >= 11 is 0. The Bertz CT molecular complexity index is 890. The van der Waals surface area contributed by atoms with E-state index in [1.807, 2.05) is 26.0 Å². The number of alkyl halides is 3. The predicted molar refractivity (Wildman–Crippen MR) is 99.4 cm³/mol. The SMILES string of the molecule is Cc1cc([C@@H]2CN(C=O)[C@@H](C)CO2)n2nc(C3CCC(C(F)(F)F)CC3)cc2n1. The van der Waals surface area contributed by atoms with Crippen LogP contribution in [0.4, 0.5) is 13.2 Å². The van der Waals surface area contributed by atoms with Gasteiger partial charge >= 0.3 is 6.18 Å². The Balaban J connectivity index is 1.60. The molecule has 2 aromatic heterocycles. The molecular weight excluding hydrogens is 385 g/mol. The minimum absolute atomic E-state index is 0.00206. The highest BCUT2D eigenvalue weighted by Gasteiger charge is 2.42. The van der Waals surface area contributed by atoms with Gasteiger partial charge in [-0.05, 0) is 45.6 Å². The standard InChI is InChI=1S/C20H25F3N4O2/c1-12-7-17(18-9-26(11-28)13(2)10-29-18)27-19(24-12)8-16(25-27)14-3-5-15(6-4-14)20(21,22)23/h7-8,11,13-15,18H,3-6,9-10H2,1-2H3/t13-,14?,15?,18-/m0/s1. The third-order valence-electron chi connectivity index (χ3n) is 6.16. The van der Waals surface area contributed by atoms with Crippen molar-refractivity contribution in [3.8, 4) is 0 Å². The number of ether oxygens (including phenoxy) is 1. The van der Waals surface area contributed by atoms with E-state index in [9.17, 15) is 18.0 Å². The van der Waals surface area contributed by atoms with Crippen LogP contribution in [0.15, 0.2) is 12.1 Å². The lowest BCUT2D eigenvalue weighted by atomic mass is 9.80. The van der Waals surface area contributed by atoms with Gasteiger partial charge in [0.2, 0.25) is 6.41 Å². The van der Waals surface area contributed by atoms with Gasteiger partial charge in [0.1, 0.15) is 6.10 Å². The molecule has 2 aliphatic rings. The summed E-state index contributed by atoms with van der Waals surface area (Å²) < 4.78 is 46.6. The molecule has 0 spiro atoms. The molecule has 0 N–H and O–H groups in total. The number of morpholine rings is 1. The Morgan fingerprint density at radius 1 is 1.21 bits per heavy atom. The Morgan fingerprint density at radius 3 is 2.59 bits per heavy atom. The predicted octanol–water partition coefficient (Wildman–Crippen LogP) is 3.79. The second kappa shape index (κ2) is 7.59. The molecule has 0 radical (unpaired) electrons. The van der Waals surface area contributed by atoms with E-state index >= 15 is 0 Å². The fourth-order valence-corrected chi connectivity index (χ4v) is 4.39. The number of rotatable bonds is 3. The fourth-order valence-electron chi connectivity index (χ4n) is 4.39. The Morgan fingerprint density at radius 2 is 1.93 bits per heavy atom. The van der Waals surface area contributed by atoms with E-state index in [1.165, 1.54) is 0 Å². The lowest BCUT2D eigenvalue weighted by Crippen LogP contribution is -2.44. The molecule has 3 heterocycles. The zero-order valence-corrected chi connectivity index (χ0v) is 16.5. The molecule has 6 nitrogen and oxygen atoms in total. The van der Waals surface area contributed by atoms with Gasteiger partial charge in [0.05, 0.1) is 36.5 Å². The van der Waals surface area contributed by atoms with E-state index in [1.54, 1.807) is 9.42 Å². The Hall–Kier alpha value is -2.16. The van der Waals surface area contributed by atoms with Crippen molar-refractivity contribution in [2.24, 2.45) is 5.92 Å². The van der Waals surface area contributed by atoms with Gasteiger partial charge in [0.15, 0.2) is 5.65 Å². The lowest BCUT2D eigenvalue weighted by Gasteiger charge is -2.35. The molecule has 4 rings (SSSR count). The van der Waals surface area contributed by atoms with Crippen molar-refractivity contribution in [2.45, 2.75) is 63.8 Å². The molecule has 0 unspecified atom stereocenters. The first-order chi connectivity index (χ1) is 13.8. The monoisotopic (exact) mass is 410 g/mol. The van der Waals surface area contributed by atoms with Crippen molar-refractivity contribution in [3.63, 3.8) is 0 Å². The molecule has 1 saturated heterocycles. The normalized spacial score (nSPS) is 28.7. The molecule has 2 fully saturated rings. The van der Waals surface area contributed by atoms with Crippen molar-refractivity contribution in [1.82, 2.24) is 19.5 Å². The first-order valence-corrected chi connectivity index (χ1v) is 10.0. The van der Waals surface area contributed by atoms with Gasteiger partial charge in [-0.15, -0.1) is 0 Å². The molecule has 0 aromatic carbocycles. The number of amides is 1. The molecule has 1 aliphatic heterocycles. The quantitative estimate of drug-likeness (QED) is 0.723. The summed E-state index contributed by atoms with van der Waals surface area (Å²) in [6.45, 7) is 4.67. The maximum Gasteiger partial charge on any atom is 0.391 e. The number of carbonyl (C=O) groups is 1. The summed E-state index contributed by atoms with van der Waals surface area (Å²) in [5.41, 5.74) is 3.05. The van der Waals surface area contributed by atoms with Crippen LogP contribution in [0, 0.1) is 12.8 Å². The number of fused-ring (bicyclic) bond motifs is 1. The molecule has 1 aliphatic carbocycles. The van der Waals surface area contributed by atoms with Gasteiger partial charge in [-0.25, -0.2) is 9.50 Å². The number of carbonyl (C=O) groups excluding carboxylic acids is 1. The number of nitrogens with zero attached hydrogens (tertiary/aromatic N) is 4. The highest BCUT2D eigenvalue weighted by molar-refractivity contribution is 5.48. The largest absolute Gasteiger partial charge is 0.391 e. The van der Waals surface area contributed by atoms with Gasteiger partial charge in [-0.3, -0.25) is 4.79 Å². The van der Waals surface area contributed by atoms with E-state index in [-0.39, 0.29) is 30.9 Å². The van der Waals surface area contributed by atoms with Crippen LogP contribution in [0.1, 0.15) is 61.7 Å². The number of halogens is 3. The van der Waals surface area contributed by atoms with Gasteiger partial charge in [0, 0.05) is 17.7 Å². The third-order valence-corrected chi connectivity index (χ3v) is 6.16. The van der Waals surface area contributed by atoms with Crippen molar-refractivity contribution in [1.29, 1.82) is 0 Å². The molecule has 2 atom stereocenters. The third kappa shape index (κ3) is 3.97. The molecule has 1 saturated carbocycles. The molecule has 29 heavy (non-hydrogen) atoms. The Kier molecular flexibility index (Phi) is 5.27. The van der Waals surface area contributed by atoms with Gasteiger partial charge in [-0.1, -0.05) is 0 Å². The molecule has 0 bridgehead atoms. The summed E-state index contributed by atoms with van der Waals surface area (Å²) in [6.07, 6.45) is -2.39. The number of aryl methyl sites for hydroxylation is 1. The summed E-state index contributed by atoms with van der Waals surface area (Å²) in [5, 5.41) is 4.70. The molecule has 1 amide bonds. The van der Waals surface area contributed by atoms with Crippen molar-refractivity contribution < 1.29 is 22.7 Å². The number of aromatic nitrogens is 3. The molecule has 2 aromatic rings. The summed E-state index contributed by atoms with van der Waals surface area (Å²) in [6, 6.07) is 3.78. The maximum atomic E-state index is 13.0. The van der Waals surface area contributed by atoms with Crippen LogP contribution in [0.25, 0.3) is 5.65 Å². The fraction of sp³-hybridized carbons (Fsp3) is 0.650. The van der Waals surface area contributed by atoms with Crippen LogP contribution in [0.3, 0.4) is 0 Å². The zero-order valence-electron chi connectivity index (χ0n) is 16.5. The van der Waals surface area contributed by atoms with Crippen LogP contribution in [-0.4, -0.2) is 51.3 Å². The van der Waals surface area contributed by atoms with Crippen molar-refractivity contribution in [3.05, 3.63) is 29.2 Å². The number of hydrogen-bond donors (Lipinski definition) is 0. The van der Waals surface area contributed by atoms with Gasteiger partial charge < -0.3 is 9.64 Å². The van der Waals surface area contributed by atoms with Crippen LogP contribution in [0.2, 0.25) is 0 Å². The minimum atomic E-state index is -4.12. The smallest absolute Gasteiger partial charge is 0.368 e. The minimum Gasteiger partial charge on any atom is -0.368 e. The zero-order chi connectivity index (χ0) is 20.8. The average Bonchev–Trinajstić information content (AvgIpc) is 3.11. The number of hydrogen-bond acceptors (Lipinski definition) is 4. The molecule has 9 heteroatoms. The Labute approximate surface area is 167 Å². The summed E-state index contributed by atoms with van der Waals surface area (Å²) in [5.74, 6) is -1.21. The van der Waals surface area contributed by atoms with Crippen LogP contribution >= 0.6 is 0 Å². The van der Waals surface area contributed by atoms with Gasteiger partial charge in [-0.2, -0.15) is 18.3 Å². The van der Waals surface area contributed by atoms with Crippen LogP contribution in [-0.2, 0) is 9.53 Å². The highest BCUT2D eigenvalue weighted by atomic mass is 19.4. The van der Waals surface area contributed by atoms with E-state index in [0.717, 1.165) is 23.5 Å². The van der Waals surface area contributed by atoms with E-state index in [4.69, 9.17) is 9.84 Å². The summed E-state index contributed by atoms with van der Waals surface area (Å²) in [4.78, 5) is 17.6. The molecular formula is C20H25F3N4O2. The lowest BCUT2D eigenvalue weighted by molar-refractivity contribution is -0.182.